The number of para-hydroxylation sites is 1. The lowest BCUT2D eigenvalue weighted by Crippen LogP contribution is -2.53. The Balaban J connectivity index is 1.24. The van der Waals surface area contributed by atoms with Crippen molar-refractivity contribution in [1.82, 2.24) is 10.2 Å². The van der Waals surface area contributed by atoms with E-state index in [0.717, 1.165) is 36.9 Å². The summed E-state index contributed by atoms with van der Waals surface area (Å²) in [5.74, 6) is -1.33. The van der Waals surface area contributed by atoms with Crippen LogP contribution in [0.2, 0.25) is 0 Å². The summed E-state index contributed by atoms with van der Waals surface area (Å²) in [5.41, 5.74) is 1.08. The number of hydrogen-bond donors (Lipinski definition) is 1. The van der Waals surface area contributed by atoms with E-state index in [1.165, 1.54) is 44.6 Å². The van der Waals surface area contributed by atoms with Crippen LogP contribution in [0.5, 0.6) is 11.5 Å². The summed E-state index contributed by atoms with van der Waals surface area (Å²) >= 11 is 12.9. The van der Waals surface area contributed by atoms with Gasteiger partial charge in [0.25, 0.3) is 0 Å². The molecule has 0 unspecified atom stereocenters. The molecule has 0 aromatic heterocycles. The molecule has 4 aliphatic rings. The number of dihydropyridines is 1. The second-order valence-corrected chi connectivity index (χ2v) is 13.2. The molecule has 3 aromatic carbocycles. The Labute approximate surface area is 299 Å². The van der Waals surface area contributed by atoms with E-state index in [0.29, 0.717) is 51.4 Å². The highest BCUT2D eigenvalue weighted by Gasteiger charge is 2.38. The fraction of sp³-hybridized carbons (Fsp3) is 0.351. The first-order chi connectivity index (χ1) is 24.1. The number of allylic oxidation sites excluding steroid dienone is 1. The van der Waals surface area contributed by atoms with E-state index in [1.807, 2.05) is 0 Å². The molecule has 2 bridgehead atoms. The highest BCUT2D eigenvalue weighted by molar-refractivity contribution is 6.36. The number of nitrogens with zero attached hydrogens (tertiary/aromatic N) is 2. The summed E-state index contributed by atoms with van der Waals surface area (Å²) in [6.45, 7) is 2.69. The van der Waals surface area contributed by atoms with Gasteiger partial charge in [0.05, 0.1) is 43.6 Å². The molecular formula is C37H37Cl2F2N3O6. The van der Waals surface area contributed by atoms with E-state index >= 15 is 8.78 Å². The minimum absolute atomic E-state index is 0.000908. The van der Waals surface area contributed by atoms with Crippen LogP contribution in [0.1, 0.15) is 46.9 Å². The van der Waals surface area contributed by atoms with Gasteiger partial charge in [-0.15, -0.1) is 0 Å². The van der Waals surface area contributed by atoms with Gasteiger partial charge < -0.3 is 24.3 Å². The molecule has 3 fully saturated rings. The molecular weight excluding hydrogens is 691 g/mol. The smallest absolute Gasteiger partial charge is 0.415 e. The second kappa shape index (κ2) is 15.7. The van der Waals surface area contributed by atoms with Crippen molar-refractivity contribution in [3.63, 3.8) is 0 Å². The summed E-state index contributed by atoms with van der Waals surface area (Å²) in [6.07, 6.45) is 1.57. The monoisotopic (exact) mass is 727 g/mol. The zero-order valence-electron chi connectivity index (χ0n) is 27.6. The summed E-state index contributed by atoms with van der Waals surface area (Å²) < 4.78 is 53.4. The molecule has 9 nitrogen and oxygen atoms in total. The average molecular weight is 729 g/mol. The Kier molecular flexibility index (Phi) is 11.2. The van der Waals surface area contributed by atoms with Crippen molar-refractivity contribution in [3.8, 4) is 11.5 Å². The van der Waals surface area contributed by atoms with Crippen LogP contribution in [0, 0.1) is 17.6 Å². The van der Waals surface area contributed by atoms with Crippen molar-refractivity contribution in [2.45, 2.75) is 38.0 Å². The van der Waals surface area contributed by atoms with Crippen LogP contribution in [0.3, 0.4) is 0 Å². The Morgan fingerprint density at radius 3 is 2.40 bits per heavy atom. The molecule has 264 valence electrons. The van der Waals surface area contributed by atoms with Crippen molar-refractivity contribution in [2.24, 2.45) is 5.92 Å². The van der Waals surface area contributed by atoms with Crippen LogP contribution in [-0.2, 0) is 16.0 Å². The zero-order valence-corrected chi connectivity index (χ0v) is 29.1. The molecule has 0 spiro atoms. The van der Waals surface area contributed by atoms with Gasteiger partial charge in [-0.1, -0.05) is 47.5 Å². The molecule has 0 aliphatic carbocycles. The number of amides is 1. The SMILES string of the molecule is COc1ccc([C@H](CC2=C(Cl)CNC=C2Cl)OC(=O)c2ccc(CN(C(=O)O[C@H]3CN4CCC3CC4)c3ccccc3F)cc2F)cc1OC. The third-order valence-corrected chi connectivity index (χ3v) is 10.0. The van der Waals surface area contributed by atoms with Crippen LogP contribution in [0.15, 0.2) is 82.5 Å². The van der Waals surface area contributed by atoms with E-state index in [1.54, 1.807) is 30.5 Å². The number of hydrogen-bond acceptors (Lipinski definition) is 8. The molecule has 0 saturated carbocycles. The maximum Gasteiger partial charge on any atom is 0.415 e. The van der Waals surface area contributed by atoms with Gasteiger partial charge in [0.15, 0.2) is 11.5 Å². The topological polar surface area (TPSA) is 89.6 Å². The molecule has 1 N–H and O–H groups in total. The molecule has 4 heterocycles. The zero-order chi connectivity index (χ0) is 35.4. The number of nitrogens with one attached hydrogen (secondary N) is 1. The maximum atomic E-state index is 15.7. The minimum atomic E-state index is -0.942. The molecule has 3 aromatic rings. The van der Waals surface area contributed by atoms with Gasteiger partial charge in [0.1, 0.15) is 23.8 Å². The van der Waals surface area contributed by atoms with Crippen molar-refractivity contribution in [1.29, 1.82) is 0 Å². The molecule has 2 atom stereocenters. The van der Waals surface area contributed by atoms with E-state index in [9.17, 15) is 9.59 Å². The van der Waals surface area contributed by atoms with Crippen LogP contribution >= 0.6 is 23.2 Å². The molecule has 0 radical (unpaired) electrons. The Hall–Kier alpha value is -4.32. The third-order valence-electron chi connectivity index (χ3n) is 9.33. The van der Waals surface area contributed by atoms with Crippen LogP contribution in [-0.4, -0.2) is 63.5 Å². The molecule has 4 aliphatic heterocycles. The number of methoxy groups -OCH3 is 2. The van der Waals surface area contributed by atoms with E-state index < -0.39 is 29.8 Å². The van der Waals surface area contributed by atoms with Gasteiger partial charge in [0, 0.05) is 24.2 Å². The first kappa shape index (κ1) is 35.5. The van der Waals surface area contributed by atoms with E-state index in [4.69, 9.17) is 42.1 Å². The van der Waals surface area contributed by atoms with Crippen molar-refractivity contribution in [2.75, 3.05) is 45.3 Å². The van der Waals surface area contributed by atoms with E-state index in [2.05, 4.69) is 10.2 Å². The van der Waals surface area contributed by atoms with Crippen LogP contribution in [0.25, 0.3) is 0 Å². The molecule has 3 saturated heterocycles. The fourth-order valence-corrected chi connectivity index (χ4v) is 7.15. The number of esters is 1. The highest BCUT2D eigenvalue weighted by atomic mass is 35.5. The number of carbonyl (C=O) groups excluding carboxylic acids is 2. The molecule has 13 heteroatoms. The summed E-state index contributed by atoms with van der Waals surface area (Å²) in [7, 11) is 2.98. The van der Waals surface area contributed by atoms with Crippen LogP contribution < -0.4 is 19.7 Å². The lowest BCUT2D eigenvalue weighted by molar-refractivity contribution is -0.0311. The summed E-state index contributed by atoms with van der Waals surface area (Å²) in [6, 6.07) is 14.8. The van der Waals surface area contributed by atoms with E-state index in [-0.39, 0.29) is 36.2 Å². The number of anilines is 1. The largest absolute Gasteiger partial charge is 0.493 e. The first-order valence-corrected chi connectivity index (χ1v) is 17.0. The van der Waals surface area contributed by atoms with Crippen molar-refractivity contribution < 1.29 is 37.3 Å². The lowest BCUT2D eigenvalue weighted by Gasteiger charge is -2.44. The van der Waals surface area contributed by atoms with Gasteiger partial charge in [-0.05, 0) is 84.9 Å². The van der Waals surface area contributed by atoms with Gasteiger partial charge >= 0.3 is 12.1 Å². The summed E-state index contributed by atoms with van der Waals surface area (Å²) in [5, 5.41) is 3.76. The Morgan fingerprint density at radius 1 is 0.980 bits per heavy atom. The molecule has 1 amide bonds. The Morgan fingerprint density at radius 2 is 1.74 bits per heavy atom. The predicted octanol–water partition coefficient (Wildman–Crippen LogP) is 7.68. The van der Waals surface area contributed by atoms with Crippen molar-refractivity contribution in [3.05, 3.63) is 111 Å². The first-order valence-electron chi connectivity index (χ1n) is 16.3. The highest BCUT2D eigenvalue weighted by Crippen LogP contribution is 2.38. The number of halogens is 4. The number of benzene rings is 3. The quantitative estimate of drug-likeness (QED) is 0.201. The van der Waals surface area contributed by atoms with Gasteiger partial charge in [-0.3, -0.25) is 9.80 Å². The van der Waals surface area contributed by atoms with Gasteiger partial charge in [-0.25, -0.2) is 18.4 Å². The predicted molar refractivity (Wildman–Crippen MR) is 186 cm³/mol. The Bertz CT molecular complexity index is 1810. The minimum Gasteiger partial charge on any atom is -0.493 e. The third kappa shape index (κ3) is 7.85. The lowest BCUT2D eigenvalue weighted by atomic mass is 9.86. The van der Waals surface area contributed by atoms with Gasteiger partial charge in [0.2, 0.25) is 0 Å². The van der Waals surface area contributed by atoms with Crippen LogP contribution in [0.4, 0.5) is 19.3 Å². The normalized spacial score (nSPS) is 20.4. The number of carbonyl (C=O) groups is 2. The number of ether oxygens (including phenoxy) is 4. The number of piperidine rings is 3. The second-order valence-electron chi connectivity index (χ2n) is 12.4. The number of fused-ring (bicyclic) bond motifs is 3. The standard InChI is InChI=1S/C37H37Cl2F2N3O6/c1-47-32-10-8-24(16-34(32)48-2)33(17-26-27(38)18-42-19-28(26)39)49-36(45)25-9-7-22(15-30(25)41)20-44(31-6-4-3-5-29(31)40)37(46)50-35-21-43-13-11-23(35)12-14-43/h3-10,15-16,18,23,33,35,42H,11-14,17,19-21H2,1-2H3/t33-,35-/m0/s1. The maximum absolute atomic E-state index is 15.7. The molecule has 7 rings (SSSR count). The molecule has 50 heavy (non-hydrogen) atoms. The average Bonchev–Trinajstić information content (AvgIpc) is 3.12. The van der Waals surface area contributed by atoms with Crippen molar-refractivity contribution >= 4 is 41.0 Å². The number of rotatable bonds is 11. The van der Waals surface area contributed by atoms with Gasteiger partial charge in [-0.2, -0.15) is 0 Å². The fourth-order valence-electron chi connectivity index (χ4n) is 6.58. The summed E-state index contributed by atoms with van der Waals surface area (Å²) in [4.78, 5) is 30.5.